The number of phenolic OH excluding ortho intramolecular Hbond substituents is 1. The van der Waals surface area contributed by atoms with Gasteiger partial charge in [0.05, 0.1) is 16.3 Å². The molecule has 2 N–H and O–H groups in total. The highest BCUT2D eigenvalue weighted by Gasteiger charge is 2.48. The van der Waals surface area contributed by atoms with Gasteiger partial charge in [-0.25, -0.2) is 17.8 Å². The molecular weight excluding hydrogens is 585 g/mol. The van der Waals surface area contributed by atoms with Crippen molar-refractivity contribution in [3.8, 4) is 11.5 Å². The van der Waals surface area contributed by atoms with Crippen LogP contribution in [0.25, 0.3) is 0 Å². The lowest BCUT2D eigenvalue weighted by molar-refractivity contribution is 0.0974. The minimum absolute atomic E-state index is 0.0331. The van der Waals surface area contributed by atoms with Crippen LogP contribution in [-0.4, -0.2) is 36.8 Å². The number of oxazole rings is 1. The van der Waals surface area contributed by atoms with Crippen molar-refractivity contribution in [3.63, 3.8) is 0 Å². The number of hydrogen-bond acceptors (Lipinski definition) is 8. The third kappa shape index (κ3) is 5.49. The van der Waals surface area contributed by atoms with E-state index in [0.717, 1.165) is 31.3 Å². The fraction of sp³-hybridized carbons (Fsp3) is 0.394. The van der Waals surface area contributed by atoms with Gasteiger partial charge in [-0.15, -0.1) is 0 Å². The monoisotopic (exact) mass is 621 g/mol. The molecule has 3 aromatic rings. The molecule has 232 valence electrons. The number of amides is 1. The van der Waals surface area contributed by atoms with E-state index >= 15 is 4.39 Å². The van der Waals surface area contributed by atoms with E-state index in [4.69, 9.17) is 9.15 Å². The third-order valence-corrected chi connectivity index (χ3v) is 10.6. The van der Waals surface area contributed by atoms with Crippen molar-refractivity contribution in [2.45, 2.75) is 65.8 Å². The first-order valence-electron chi connectivity index (χ1n) is 14.8. The minimum atomic E-state index is -4.06. The number of aromatic nitrogens is 1. The van der Waals surface area contributed by atoms with E-state index in [9.17, 15) is 18.3 Å². The normalized spacial score (nSPS) is 20.6. The summed E-state index contributed by atoms with van der Waals surface area (Å²) in [7, 11) is -4.06. The zero-order valence-corrected chi connectivity index (χ0v) is 26.1. The van der Waals surface area contributed by atoms with Crippen molar-refractivity contribution in [2.24, 2.45) is 5.41 Å². The highest BCUT2D eigenvalue weighted by atomic mass is 32.2. The van der Waals surface area contributed by atoms with E-state index in [2.05, 4.69) is 16.4 Å². The molecule has 0 fully saturated rings. The van der Waals surface area contributed by atoms with E-state index in [0.29, 0.717) is 18.1 Å². The number of hydrogen-bond donors (Lipinski definition) is 2. The number of nitrogens with zero attached hydrogens (tertiary/aromatic N) is 2. The van der Waals surface area contributed by atoms with Crippen LogP contribution in [0.15, 0.2) is 63.1 Å². The molecule has 1 aliphatic carbocycles. The van der Waals surface area contributed by atoms with Gasteiger partial charge in [-0.2, -0.15) is 0 Å². The number of benzene rings is 2. The van der Waals surface area contributed by atoms with E-state index in [1.54, 1.807) is 32.0 Å². The Morgan fingerprint density at radius 3 is 2.70 bits per heavy atom. The lowest BCUT2D eigenvalue weighted by Gasteiger charge is -2.37. The Labute approximate surface area is 256 Å². The number of anilines is 2. The number of nitrogens with one attached hydrogen (secondary N) is 1. The summed E-state index contributed by atoms with van der Waals surface area (Å²) in [6, 6.07) is 7.45. The van der Waals surface area contributed by atoms with Gasteiger partial charge in [0.25, 0.3) is 5.91 Å². The van der Waals surface area contributed by atoms with Crippen LogP contribution in [0.1, 0.15) is 79.7 Å². The van der Waals surface area contributed by atoms with E-state index in [1.165, 1.54) is 23.1 Å². The maximum absolute atomic E-state index is 16.3. The summed E-state index contributed by atoms with van der Waals surface area (Å²) >= 11 is 0. The highest BCUT2D eigenvalue weighted by molar-refractivity contribution is 7.95. The second kappa shape index (κ2) is 11.1. The zero-order valence-electron chi connectivity index (χ0n) is 25.2. The molecule has 3 heterocycles. The van der Waals surface area contributed by atoms with Crippen LogP contribution in [0.3, 0.4) is 0 Å². The van der Waals surface area contributed by atoms with Crippen LogP contribution < -0.4 is 15.0 Å². The molecule has 6 rings (SSSR count). The number of aromatic hydroxyl groups is 1. The predicted molar refractivity (Wildman–Crippen MR) is 165 cm³/mol. The fourth-order valence-electron chi connectivity index (χ4n) is 6.48. The van der Waals surface area contributed by atoms with Crippen LogP contribution in [0.2, 0.25) is 0 Å². The quantitative estimate of drug-likeness (QED) is 0.233. The van der Waals surface area contributed by atoms with Crippen molar-refractivity contribution >= 4 is 27.1 Å². The summed E-state index contributed by atoms with van der Waals surface area (Å²) < 4.78 is 56.1. The average molecular weight is 622 g/mol. The van der Waals surface area contributed by atoms with Crippen LogP contribution in [0.5, 0.6) is 11.5 Å². The molecule has 0 radical (unpaired) electrons. The van der Waals surface area contributed by atoms with Gasteiger partial charge >= 0.3 is 0 Å². The number of fused-ring (bicyclic) bond motifs is 1. The zero-order chi connectivity index (χ0) is 31.4. The Morgan fingerprint density at radius 2 is 2.02 bits per heavy atom. The van der Waals surface area contributed by atoms with Crippen LogP contribution in [0.4, 0.5) is 15.8 Å². The van der Waals surface area contributed by atoms with Crippen molar-refractivity contribution in [1.29, 1.82) is 0 Å². The molecule has 0 saturated heterocycles. The van der Waals surface area contributed by atoms with Gasteiger partial charge in [0.15, 0.2) is 21.4 Å². The number of carbonyl (C=O) groups excluding carboxylic acids is 1. The number of carbonyl (C=O) groups is 1. The van der Waals surface area contributed by atoms with Crippen LogP contribution in [0, 0.1) is 25.1 Å². The van der Waals surface area contributed by atoms with Crippen molar-refractivity contribution in [1.82, 2.24) is 4.98 Å². The van der Waals surface area contributed by atoms with E-state index in [-0.39, 0.29) is 57.1 Å². The first kappa shape index (κ1) is 29.9. The first-order valence-corrected chi connectivity index (χ1v) is 16.4. The van der Waals surface area contributed by atoms with Gasteiger partial charge in [-0.05, 0) is 74.3 Å². The van der Waals surface area contributed by atoms with Gasteiger partial charge in [0.2, 0.25) is 0 Å². The van der Waals surface area contributed by atoms with Gasteiger partial charge < -0.3 is 19.6 Å². The fourth-order valence-corrected chi connectivity index (χ4v) is 8.84. The van der Waals surface area contributed by atoms with Crippen LogP contribution in [-0.2, 0) is 9.84 Å². The Kier molecular flexibility index (Phi) is 7.55. The highest BCUT2D eigenvalue weighted by Crippen LogP contribution is 2.52. The summed E-state index contributed by atoms with van der Waals surface area (Å²) in [6.45, 7) is 7.19. The molecule has 1 atom stereocenters. The molecular formula is C33H36FN3O6S. The first-order chi connectivity index (χ1) is 20.8. The molecule has 11 heteroatoms. The maximum Gasteiger partial charge on any atom is 0.281 e. The molecule has 0 unspecified atom stereocenters. The molecule has 1 aromatic heterocycles. The number of phenols is 1. The van der Waals surface area contributed by atoms with E-state index < -0.39 is 33.0 Å². The summed E-state index contributed by atoms with van der Waals surface area (Å²) in [5, 5.41) is 14.1. The molecule has 9 nitrogen and oxygen atoms in total. The number of sulfone groups is 1. The Bertz CT molecular complexity index is 1820. The molecule has 2 aromatic carbocycles. The molecule has 0 saturated carbocycles. The number of halogens is 1. The van der Waals surface area contributed by atoms with Gasteiger partial charge in [-0.3, -0.25) is 9.69 Å². The standard InChI is InChI=1S/C33H36FN3O6S/c1-19-28(35-20(2)43-19)32(39)37-26-11-8-12-27(38)29(26)36-25-16-33(3,4)18-44(40,41)31(25)30(37)23-14-13-22(15-24(23)34)42-17-21-9-6-5-7-10-21/h8-9,11-15,30,36,38H,5-7,10,16-18H2,1-4H3/t30-/m0/s1. The van der Waals surface area contributed by atoms with Gasteiger partial charge in [0, 0.05) is 24.3 Å². The minimum Gasteiger partial charge on any atom is -0.506 e. The molecule has 2 aliphatic heterocycles. The molecule has 44 heavy (non-hydrogen) atoms. The summed E-state index contributed by atoms with van der Waals surface area (Å²) in [5.74, 6) is -1.05. The van der Waals surface area contributed by atoms with Crippen molar-refractivity contribution in [2.75, 3.05) is 22.6 Å². The number of ether oxygens (including phenoxy) is 1. The summed E-state index contributed by atoms with van der Waals surface area (Å²) in [5.41, 5.74) is 1.03. The number of aryl methyl sites for hydroxylation is 2. The molecule has 0 spiro atoms. The number of rotatable bonds is 5. The van der Waals surface area contributed by atoms with Crippen molar-refractivity contribution in [3.05, 3.63) is 87.4 Å². The smallest absolute Gasteiger partial charge is 0.281 e. The summed E-state index contributed by atoms with van der Waals surface area (Å²) in [6.07, 6.45) is 6.60. The molecule has 3 aliphatic rings. The Morgan fingerprint density at radius 1 is 1.23 bits per heavy atom. The predicted octanol–water partition coefficient (Wildman–Crippen LogP) is 6.89. The molecule has 0 bridgehead atoms. The largest absolute Gasteiger partial charge is 0.506 e. The van der Waals surface area contributed by atoms with Gasteiger partial charge in [-0.1, -0.05) is 26.0 Å². The number of para-hydroxylation sites is 1. The topological polar surface area (TPSA) is 122 Å². The van der Waals surface area contributed by atoms with Gasteiger partial charge in [0.1, 0.15) is 41.4 Å². The second-order valence-corrected chi connectivity index (χ2v) is 14.5. The maximum atomic E-state index is 16.3. The lowest BCUT2D eigenvalue weighted by Crippen LogP contribution is -2.41. The third-order valence-electron chi connectivity index (χ3n) is 8.33. The molecule has 1 amide bonds. The summed E-state index contributed by atoms with van der Waals surface area (Å²) in [4.78, 5) is 19.8. The lowest BCUT2D eigenvalue weighted by atomic mass is 9.88. The number of allylic oxidation sites excluding steroid dienone is 2. The second-order valence-electron chi connectivity index (χ2n) is 12.5. The Hall–Kier alpha value is -4.12. The van der Waals surface area contributed by atoms with E-state index in [1.807, 2.05) is 13.8 Å². The SMILES string of the molecule is Cc1nc(C(=O)N2c3cccc(O)c3NC3=C([C@@H]2c2ccc(OCC4=CCCCC4)cc2F)S(=O)(=O)CC(C)(C)C3)c(C)o1. The van der Waals surface area contributed by atoms with Crippen molar-refractivity contribution < 1.29 is 31.9 Å². The van der Waals surface area contributed by atoms with Crippen LogP contribution >= 0.6 is 0 Å². The average Bonchev–Trinajstić information content (AvgIpc) is 3.21. The Balaban J connectivity index is 1.55.